The number of carbonyl (C=O) groups is 2. The quantitative estimate of drug-likeness (QED) is 0.683. The van der Waals surface area contributed by atoms with Crippen LogP contribution in [0.25, 0.3) is 0 Å². The Morgan fingerprint density at radius 3 is 2.63 bits per heavy atom. The van der Waals surface area contributed by atoms with Crippen LogP contribution in [0.3, 0.4) is 0 Å². The summed E-state index contributed by atoms with van der Waals surface area (Å²) >= 11 is 5.94. The van der Waals surface area contributed by atoms with Crippen molar-refractivity contribution in [1.29, 1.82) is 0 Å². The zero-order chi connectivity index (χ0) is 13.7. The number of nitrogens with zero attached hydrogens (tertiary/aromatic N) is 1. The van der Waals surface area contributed by atoms with Crippen molar-refractivity contribution in [2.75, 3.05) is 0 Å². The van der Waals surface area contributed by atoms with E-state index in [1.165, 1.54) is 24.4 Å². The van der Waals surface area contributed by atoms with Crippen LogP contribution < -0.4 is 0 Å². The van der Waals surface area contributed by atoms with Gasteiger partial charge in [0, 0.05) is 11.8 Å². The van der Waals surface area contributed by atoms with E-state index in [2.05, 4.69) is 4.98 Å². The van der Waals surface area contributed by atoms with Crippen LogP contribution in [0.1, 0.15) is 37.5 Å². The van der Waals surface area contributed by atoms with Gasteiger partial charge in [-0.1, -0.05) is 17.7 Å². The number of carbonyl (C=O) groups excluding carboxylic acids is 2. The fourth-order valence-electron chi connectivity index (χ4n) is 2.25. The molecular weight excluding hydrogens is 266 g/mol. The van der Waals surface area contributed by atoms with Crippen molar-refractivity contribution >= 4 is 23.2 Å². The molecule has 0 radical (unpaired) electrons. The maximum absolute atomic E-state index is 12.4. The number of benzene rings is 1. The molecule has 0 saturated heterocycles. The summed E-state index contributed by atoms with van der Waals surface area (Å²) in [5.74, 6) is -1.00. The lowest BCUT2D eigenvalue weighted by molar-refractivity contribution is 0.0972. The summed E-state index contributed by atoms with van der Waals surface area (Å²) in [4.78, 5) is 28.7. The second-order valence-electron chi connectivity index (χ2n) is 4.31. The van der Waals surface area contributed by atoms with Gasteiger partial charge in [0.15, 0.2) is 5.78 Å². The van der Waals surface area contributed by atoms with Crippen LogP contribution in [0.5, 0.6) is 5.75 Å². The number of rotatable bonds is 0. The molecule has 0 aliphatic heterocycles. The minimum absolute atomic E-state index is 0.0205. The van der Waals surface area contributed by atoms with E-state index in [1.54, 1.807) is 6.92 Å². The van der Waals surface area contributed by atoms with Crippen LogP contribution in [0.2, 0.25) is 5.02 Å². The smallest absolute Gasteiger partial charge is 0.212 e. The highest BCUT2D eigenvalue weighted by molar-refractivity contribution is 6.34. The zero-order valence-corrected chi connectivity index (χ0v) is 10.7. The highest BCUT2D eigenvalue weighted by Crippen LogP contribution is 2.34. The molecule has 5 heteroatoms. The second kappa shape index (κ2) is 3.90. The summed E-state index contributed by atoms with van der Waals surface area (Å²) in [5, 5.41) is 10.1. The molecule has 2 aromatic rings. The maximum atomic E-state index is 12.4. The molecule has 1 aromatic carbocycles. The number of hydrogen-bond acceptors (Lipinski definition) is 4. The first-order valence-corrected chi connectivity index (χ1v) is 5.96. The summed E-state index contributed by atoms with van der Waals surface area (Å²) in [5.41, 5.74) is 0.953. The Hall–Kier alpha value is -2.20. The standard InChI is InChI=1S/C14H8ClNO3/c1-6-8(15)5-16-12-10(6)14(19)11-7(13(12)18)3-2-4-9(11)17/h2-5,17H,1H3. The number of fused-ring (bicyclic) bond motifs is 2. The molecule has 1 aliphatic rings. The van der Waals surface area contributed by atoms with Gasteiger partial charge in [0.2, 0.25) is 5.78 Å². The molecule has 0 unspecified atom stereocenters. The monoisotopic (exact) mass is 273 g/mol. The van der Waals surface area contributed by atoms with Gasteiger partial charge in [0.25, 0.3) is 0 Å². The molecule has 1 heterocycles. The summed E-state index contributed by atoms with van der Waals surface area (Å²) < 4.78 is 0. The van der Waals surface area contributed by atoms with E-state index in [0.717, 1.165) is 0 Å². The number of phenols is 1. The van der Waals surface area contributed by atoms with E-state index in [-0.39, 0.29) is 33.9 Å². The number of phenolic OH excluding ortho intramolecular Hbond substituents is 1. The number of hydrogen-bond donors (Lipinski definition) is 1. The topological polar surface area (TPSA) is 67.3 Å². The largest absolute Gasteiger partial charge is 0.507 e. The minimum Gasteiger partial charge on any atom is -0.507 e. The van der Waals surface area contributed by atoms with Crippen molar-refractivity contribution in [3.63, 3.8) is 0 Å². The Labute approximate surface area is 113 Å². The molecule has 94 valence electrons. The molecule has 0 amide bonds. The van der Waals surface area contributed by atoms with Gasteiger partial charge in [-0.2, -0.15) is 0 Å². The molecule has 3 rings (SSSR count). The summed E-state index contributed by atoms with van der Waals surface area (Å²) in [6, 6.07) is 4.40. The van der Waals surface area contributed by atoms with Crippen LogP contribution in [0.15, 0.2) is 24.4 Å². The lowest BCUT2D eigenvalue weighted by atomic mass is 9.84. The third-order valence-electron chi connectivity index (χ3n) is 3.23. The molecule has 19 heavy (non-hydrogen) atoms. The van der Waals surface area contributed by atoms with Crippen molar-refractivity contribution in [3.8, 4) is 5.75 Å². The lowest BCUT2D eigenvalue weighted by Crippen LogP contribution is -2.23. The minimum atomic E-state index is -0.421. The summed E-state index contributed by atoms with van der Waals surface area (Å²) in [6.07, 6.45) is 1.36. The molecule has 1 aliphatic carbocycles. The van der Waals surface area contributed by atoms with Gasteiger partial charge in [0.1, 0.15) is 11.4 Å². The Morgan fingerprint density at radius 2 is 1.89 bits per heavy atom. The van der Waals surface area contributed by atoms with Crippen LogP contribution in [0.4, 0.5) is 0 Å². The van der Waals surface area contributed by atoms with Crippen LogP contribution in [0, 0.1) is 6.92 Å². The predicted molar refractivity (Wildman–Crippen MR) is 69.0 cm³/mol. The molecule has 4 nitrogen and oxygen atoms in total. The first-order chi connectivity index (χ1) is 9.02. The van der Waals surface area contributed by atoms with Gasteiger partial charge >= 0.3 is 0 Å². The Balaban J connectivity index is 2.40. The average molecular weight is 274 g/mol. The fraction of sp³-hybridized carbons (Fsp3) is 0.0714. The van der Waals surface area contributed by atoms with Crippen molar-refractivity contribution in [2.45, 2.75) is 6.92 Å². The molecule has 1 N–H and O–H groups in total. The number of ketones is 2. The van der Waals surface area contributed by atoms with Gasteiger partial charge in [-0.25, -0.2) is 0 Å². The molecule has 0 bridgehead atoms. The first kappa shape index (κ1) is 11.9. The van der Waals surface area contributed by atoms with E-state index < -0.39 is 5.78 Å². The third-order valence-corrected chi connectivity index (χ3v) is 3.61. The van der Waals surface area contributed by atoms with Crippen LogP contribution in [-0.4, -0.2) is 21.7 Å². The van der Waals surface area contributed by atoms with E-state index in [1.807, 2.05) is 0 Å². The van der Waals surface area contributed by atoms with Crippen molar-refractivity contribution < 1.29 is 14.7 Å². The third kappa shape index (κ3) is 1.50. The number of aromatic nitrogens is 1. The molecule has 0 spiro atoms. The second-order valence-corrected chi connectivity index (χ2v) is 4.72. The van der Waals surface area contributed by atoms with Crippen LogP contribution >= 0.6 is 11.6 Å². The molecule has 0 fully saturated rings. The van der Waals surface area contributed by atoms with E-state index in [9.17, 15) is 14.7 Å². The van der Waals surface area contributed by atoms with Crippen molar-refractivity contribution in [3.05, 3.63) is 57.4 Å². The van der Waals surface area contributed by atoms with Crippen molar-refractivity contribution in [1.82, 2.24) is 4.98 Å². The fourth-order valence-corrected chi connectivity index (χ4v) is 2.39. The lowest BCUT2D eigenvalue weighted by Gasteiger charge is -2.19. The van der Waals surface area contributed by atoms with Gasteiger partial charge in [-0.05, 0) is 24.6 Å². The molecular formula is C14H8ClNO3. The van der Waals surface area contributed by atoms with Gasteiger partial charge in [-0.15, -0.1) is 0 Å². The predicted octanol–water partition coefficient (Wildman–Crippen LogP) is 2.52. The summed E-state index contributed by atoms with van der Waals surface area (Å²) in [6.45, 7) is 1.65. The Kier molecular flexibility index (Phi) is 2.43. The molecule has 0 saturated carbocycles. The van der Waals surface area contributed by atoms with E-state index in [0.29, 0.717) is 10.6 Å². The Morgan fingerprint density at radius 1 is 1.16 bits per heavy atom. The van der Waals surface area contributed by atoms with Gasteiger partial charge in [0.05, 0.1) is 16.1 Å². The van der Waals surface area contributed by atoms with E-state index in [4.69, 9.17) is 11.6 Å². The highest BCUT2D eigenvalue weighted by atomic mass is 35.5. The normalized spacial score (nSPS) is 13.2. The number of aromatic hydroxyl groups is 1. The van der Waals surface area contributed by atoms with Gasteiger partial charge in [-0.3, -0.25) is 14.6 Å². The first-order valence-electron chi connectivity index (χ1n) is 5.59. The van der Waals surface area contributed by atoms with Crippen LogP contribution in [-0.2, 0) is 0 Å². The summed E-state index contributed by atoms with van der Waals surface area (Å²) in [7, 11) is 0. The number of pyridine rings is 1. The van der Waals surface area contributed by atoms with Gasteiger partial charge < -0.3 is 5.11 Å². The molecule has 0 atom stereocenters. The van der Waals surface area contributed by atoms with Crippen molar-refractivity contribution in [2.24, 2.45) is 0 Å². The molecule has 1 aromatic heterocycles. The zero-order valence-electron chi connectivity index (χ0n) is 9.90. The Bertz CT molecular complexity index is 753. The average Bonchev–Trinajstić information content (AvgIpc) is 2.39. The number of halogens is 1. The maximum Gasteiger partial charge on any atom is 0.212 e. The SMILES string of the molecule is Cc1c(Cl)cnc2c1C(=O)c1c(O)cccc1C2=O. The van der Waals surface area contributed by atoms with E-state index >= 15 is 0 Å². The highest BCUT2D eigenvalue weighted by Gasteiger charge is 2.34.